The lowest BCUT2D eigenvalue weighted by Crippen LogP contribution is -2.50. The molecule has 30 heavy (non-hydrogen) atoms. The maximum atomic E-state index is 13.4. The number of thiazole rings is 1. The Balaban J connectivity index is 1.26. The summed E-state index contributed by atoms with van der Waals surface area (Å²) in [5.41, 5.74) is 1.11. The highest BCUT2D eigenvalue weighted by atomic mass is 32.1. The van der Waals surface area contributed by atoms with Crippen LogP contribution in [0, 0.1) is 11.8 Å². The fourth-order valence-corrected chi connectivity index (χ4v) is 6.56. The average molecular weight is 428 g/mol. The maximum Gasteiger partial charge on any atom is 0.226 e. The first-order chi connectivity index (χ1) is 14.8. The van der Waals surface area contributed by atoms with Crippen molar-refractivity contribution in [2.24, 2.45) is 11.8 Å². The molecule has 1 amide bonds. The van der Waals surface area contributed by atoms with Gasteiger partial charge in [0.25, 0.3) is 0 Å². The van der Waals surface area contributed by atoms with E-state index in [1.807, 2.05) is 0 Å². The van der Waals surface area contributed by atoms with Gasteiger partial charge in [-0.15, -0.1) is 0 Å². The van der Waals surface area contributed by atoms with E-state index in [1.165, 1.54) is 24.0 Å². The van der Waals surface area contributed by atoms with Gasteiger partial charge < -0.3 is 14.5 Å². The molecular formula is C24H33N3O2S. The molecule has 1 aromatic heterocycles. The predicted octanol–water partition coefficient (Wildman–Crippen LogP) is 4.71. The Labute approximate surface area is 183 Å². The molecule has 162 valence electrons. The zero-order valence-corrected chi connectivity index (χ0v) is 18.6. The number of nitrogens with zero attached hydrogens (tertiary/aromatic N) is 3. The summed E-state index contributed by atoms with van der Waals surface area (Å²) in [7, 11) is 0. The summed E-state index contributed by atoms with van der Waals surface area (Å²) in [6, 6.07) is 8.85. The SMILES string of the molecule is O=C(C1CCOCC1)N1CCCCC[C@H]1C1CCN(c2nc3ccccc3s2)CC1. The van der Waals surface area contributed by atoms with Gasteiger partial charge in [0.2, 0.25) is 5.91 Å². The number of para-hydroxylation sites is 1. The number of carbonyl (C=O) groups is 1. The van der Waals surface area contributed by atoms with Crippen molar-refractivity contribution in [2.45, 2.75) is 57.4 Å². The Morgan fingerprint density at radius 1 is 0.967 bits per heavy atom. The Kier molecular flexibility index (Phi) is 6.23. The van der Waals surface area contributed by atoms with Crippen LogP contribution in [0.4, 0.5) is 5.13 Å². The molecule has 2 aromatic rings. The summed E-state index contributed by atoms with van der Waals surface area (Å²) < 4.78 is 6.77. The summed E-state index contributed by atoms with van der Waals surface area (Å²) >= 11 is 1.81. The number of aromatic nitrogens is 1. The van der Waals surface area contributed by atoms with Gasteiger partial charge in [-0.05, 0) is 56.6 Å². The molecule has 3 aliphatic rings. The summed E-state index contributed by atoms with van der Waals surface area (Å²) in [6.07, 6.45) is 9.00. The molecule has 1 atom stereocenters. The molecule has 4 heterocycles. The molecule has 3 saturated heterocycles. The van der Waals surface area contributed by atoms with E-state index in [1.54, 1.807) is 11.3 Å². The number of rotatable bonds is 3. The zero-order chi connectivity index (χ0) is 20.3. The predicted molar refractivity (Wildman–Crippen MR) is 122 cm³/mol. The van der Waals surface area contributed by atoms with Crippen LogP contribution in [-0.4, -0.2) is 54.7 Å². The van der Waals surface area contributed by atoms with E-state index in [9.17, 15) is 4.79 Å². The fraction of sp³-hybridized carbons (Fsp3) is 0.667. The summed E-state index contributed by atoms with van der Waals surface area (Å²) in [6.45, 7) is 4.56. The second-order valence-electron chi connectivity index (χ2n) is 9.12. The first-order valence-electron chi connectivity index (χ1n) is 11.8. The normalized spacial score (nSPS) is 24.9. The molecule has 0 aliphatic carbocycles. The van der Waals surface area contributed by atoms with Crippen LogP contribution in [0.15, 0.2) is 24.3 Å². The Bertz CT molecular complexity index is 822. The molecule has 0 saturated carbocycles. The molecule has 6 heteroatoms. The van der Waals surface area contributed by atoms with Crippen LogP contribution < -0.4 is 4.90 Å². The van der Waals surface area contributed by atoms with Crippen molar-refractivity contribution in [1.82, 2.24) is 9.88 Å². The van der Waals surface area contributed by atoms with Crippen molar-refractivity contribution in [2.75, 3.05) is 37.7 Å². The van der Waals surface area contributed by atoms with Crippen LogP contribution in [0.25, 0.3) is 10.2 Å². The van der Waals surface area contributed by atoms with Crippen molar-refractivity contribution in [3.63, 3.8) is 0 Å². The van der Waals surface area contributed by atoms with Gasteiger partial charge in [0.1, 0.15) is 0 Å². The van der Waals surface area contributed by atoms with E-state index >= 15 is 0 Å². The van der Waals surface area contributed by atoms with Crippen LogP contribution in [-0.2, 0) is 9.53 Å². The number of amides is 1. The molecule has 0 radical (unpaired) electrons. The number of benzene rings is 1. The minimum Gasteiger partial charge on any atom is -0.381 e. The number of hydrogen-bond donors (Lipinski definition) is 0. The largest absolute Gasteiger partial charge is 0.381 e. The number of hydrogen-bond acceptors (Lipinski definition) is 5. The lowest BCUT2D eigenvalue weighted by Gasteiger charge is -2.42. The molecule has 5 rings (SSSR count). The number of ether oxygens (including phenoxy) is 1. The molecule has 3 aliphatic heterocycles. The molecule has 0 unspecified atom stereocenters. The second-order valence-corrected chi connectivity index (χ2v) is 10.1. The highest BCUT2D eigenvalue weighted by molar-refractivity contribution is 7.22. The quantitative estimate of drug-likeness (QED) is 0.712. The number of likely N-dealkylation sites (tertiary alicyclic amines) is 1. The molecule has 5 nitrogen and oxygen atoms in total. The Morgan fingerprint density at radius 2 is 1.77 bits per heavy atom. The van der Waals surface area contributed by atoms with Crippen molar-refractivity contribution in [3.8, 4) is 0 Å². The fourth-order valence-electron chi connectivity index (χ4n) is 5.55. The first kappa shape index (κ1) is 20.3. The van der Waals surface area contributed by atoms with E-state index in [0.717, 1.165) is 75.6 Å². The van der Waals surface area contributed by atoms with Gasteiger partial charge in [0.15, 0.2) is 5.13 Å². The van der Waals surface area contributed by atoms with Crippen molar-refractivity contribution >= 4 is 32.6 Å². The minimum atomic E-state index is 0.183. The number of piperidine rings is 1. The molecule has 3 fully saturated rings. The van der Waals surface area contributed by atoms with Gasteiger partial charge in [0, 0.05) is 44.8 Å². The Hall–Kier alpha value is -1.66. The van der Waals surface area contributed by atoms with E-state index in [-0.39, 0.29) is 5.92 Å². The topological polar surface area (TPSA) is 45.7 Å². The van der Waals surface area contributed by atoms with Crippen molar-refractivity contribution in [3.05, 3.63) is 24.3 Å². The monoisotopic (exact) mass is 427 g/mol. The van der Waals surface area contributed by atoms with Gasteiger partial charge in [-0.3, -0.25) is 4.79 Å². The lowest BCUT2D eigenvalue weighted by atomic mass is 9.85. The Morgan fingerprint density at radius 3 is 2.57 bits per heavy atom. The third-order valence-corrected chi connectivity index (χ3v) is 8.39. The number of fused-ring (bicyclic) bond motifs is 1. The molecule has 0 N–H and O–H groups in total. The van der Waals surface area contributed by atoms with Crippen LogP contribution in [0.3, 0.4) is 0 Å². The van der Waals surface area contributed by atoms with E-state index in [4.69, 9.17) is 9.72 Å². The molecular weight excluding hydrogens is 394 g/mol. The van der Waals surface area contributed by atoms with Gasteiger partial charge in [0.05, 0.1) is 10.2 Å². The summed E-state index contributed by atoms with van der Waals surface area (Å²) in [4.78, 5) is 23.0. The van der Waals surface area contributed by atoms with E-state index in [2.05, 4.69) is 34.1 Å². The number of carbonyl (C=O) groups excluding carboxylic acids is 1. The molecule has 0 bridgehead atoms. The summed E-state index contributed by atoms with van der Waals surface area (Å²) in [5, 5.41) is 1.16. The molecule has 0 spiro atoms. The highest BCUT2D eigenvalue weighted by Gasteiger charge is 2.37. The van der Waals surface area contributed by atoms with Crippen molar-refractivity contribution in [1.29, 1.82) is 0 Å². The number of anilines is 1. The second kappa shape index (κ2) is 9.23. The first-order valence-corrected chi connectivity index (χ1v) is 12.6. The third kappa shape index (κ3) is 4.22. The minimum absolute atomic E-state index is 0.183. The molecule has 1 aromatic carbocycles. The maximum absolute atomic E-state index is 13.4. The van der Waals surface area contributed by atoms with Gasteiger partial charge in [-0.25, -0.2) is 4.98 Å². The van der Waals surface area contributed by atoms with E-state index in [0.29, 0.717) is 17.9 Å². The van der Waals surface area contributed by atoms with E-state index < -0.39 is 0 Å². The zero-order valence-electron chi connectivity index (χ0n) is 17.8. The smallest absolute Gasteiger partial charge is 0.226 e. The standard InChI is InChI=1S/C24H33N3O2S/c28-23(19-11-16-29-17-12-19)27-13-5-1-2-7-21(27)18-9-14-26(15-10-18)24-25-20-6-3-4-8-22(20)30-24/h3-4,6,8,18-19,21H,1-2,5,7,9-17H2/t21-/m0/s1. The van der Waals surface area contributed by atoms with Gasteiger partial charge in [-0.2, -0.15) is 0 Å². The van der Waals surface area contributed by atoms with Crippen LogP contribution in [0.1, 0.15) is 51.4 Å². The highest BCUT2D eigenvalue weighted by Crippen LogP contribution is 2.35. The van der Waals surface area contributed by atoms with Crippen LogP contribution in [0.2, 0.25) is 0 Å². The third-order valence-electron chi connectivity index (χ3n) is 7.29. The van der Waals surface area contributed by atoms with Crippen LogP contribution in [0.5, 0.6) is 0 Å². The average Bonchev–Trinajstić information content (AvgIpc) is 3.09. The lowest BCUT2D eigenvalue weighted by molar-refractivity contribution is -0.142. The van der Waals surface area contributed by atoms with Gasteiger partial charge >= 0.3 is 0 Å². The van der Waals surface area contributed by atoms with Gasteiger partial charge in [-0.1, -0.05) is 36.3 Å². The summed E-state index contributed by atoms with van der Waals surface area (Å²) in [5.74, 6) is 1.22. The van der Waals surface area contributed by atoms with Crippen LogP contribution >= 0.6 is 11.3 Å². The van der Waals surface area contributed by atoms with Crippen molar-refractivity contribution < 1.29 is 9.53 Å².